The molecular formula is C9H7BrS. The predicted octanol–water partition coefficient (Wildman–Crippen LogP) is 3.97. The van der Waals surface area contributed by atoms with Crippen LogP contribution in [0.3, 0.4) is 0 Å². The Balaban J connectivity index is 2.96. The first-order valence-electron chi connectivity index (χ1n) is 3.41. The summed E-state index contributed by atoms with van der Waals surface area (Å²) >= 11 is 5.30. The van der Waals surface area contributed by atoms with E-state index in [0.717, 1.165) is 0 Å². The minimum Gasteiger partial charge on any atom is -0.143 e. The van der Waals surface area contributed by atoms with Crippen LogP contribution in [0.1, 0.15) is 5.56 Å². The number of hydrogen-bond donors (Lipinski definition) is 0. The standard InChI is InChI=1S/C9H7BrS/c1-6-2-3-8(10)9-7(6)4-5-11-9/h2-5H,1H3. The molecule has 0 unspecified atom stereocenters. The minimum absolute atomic E-state index is 1.20. The van der Waals surface area contributed by atoms with Crippen LogP contribution in [0.5, 0.6) is 0 Å². The maximum atomic E-state index is 3.52. The molecule has 0 atom stereocenters. The fraction of sp³-hybridized carbons (Fsp3) is 0.111. The number of halogens is 1. The van der Waals surface area contributed by atoms with Crippen LogP contribution in [-0.4, -0.2) is 0 Å². The molecule has 56 valence electrons. The van der Waals surface area contributed by atoms with Crippen LogP contribution in [0.4, 0.5) is 0 Å². The summed E-state index contributed by atoms with van der Waals surface area (Å²) in [7, 11) is 0. The summed E-state index contributed by atoms with van der Waals surface area (Å²) in [5, 5.41) is 3.49. The van der Waals surface area contributed by atoms with Crippen molar-refractivity contribution in [1.82, 2.24) is 0 Å². The summed E-state index contributed by atoms with van der Waals surface area (Å²) in [6, 6.07) is 6.41. The lowest BCUT2D eigenvalue weighted by Gasteiger charge is -1.96. The van der Waals surface area contributed by atoms with Gasteiger partial charge < -0.3 is 0 Å². The topological polar surface area (TPSA) is 0 Å². The Kier molecular flexibility index (Phi) is 1.74. The van der Waals surface area contributed by atoms with Gasteiger partial charge in [0.25, 0.3) is 0 Å². The van der Waals surface area contributed by atoms with Crippen molar-refractivity contribution in [3.8, 4) is 0 Å². The first-order chi connectivity index (χ1) is 5.29. The van der Waals surface area contributed by atoms with Gasteiger partial charge in [-0.15, -0.1) is 11.3 Å². The molecule has 1 aromatic heterocycles. The molecule has 0 saturated carbocycles. The maximum Gasteiger partial charge on any atom is 0.0487 e. The van der Waals surface area contributed by atoms with E-state index in [1.165, 1.54) is 20.1 Å². The van der Waals surface area contributed by atoms with E-state index in [9.17, 15) is 0 Å². The molecule has 0 amide bonds. The van der Waals surface area contributed by atoms with Gasteiger partial charge in [-0.05, 0) is 51.3 Å². The molecular weight excluding hydrogens is 220 g/mol. The van der Waals surface area contributed by atoms with E-state index < -0.39 is 0 Å². The van der Waals surface area contributed by atoms with Crippen LogP contribution in [0.25, 0.3) is 10.1 Å². The fourth-order valence-corrected chi connectivity index (χ4v) is 2.67. The molecule has 0 radical (unpaired) electrons. The summed E-state index contributed by atoms with van der Waals surface area (Å²) in [6.07, 6.45) is 0. The van der Waals surface area contributed by atoms with Crippen LogP contribution < -0.4 is 0 Å². The van der Waals surface area contributed by atoms with Crippen molar-refractivity contribution < 1.29 is 0 Å². The van der Waals surface area contributed by atoms with Crippen LogP contribution in [0.2, 0.25) is 0 Å². The van der Waals surface area contributed by atoms with Crippen molar-refractivity contribution in [2.75, 3.05) is 0 Å². The summed E-state index contributed by atoms with van der Waals surface area (Å²) < 4.78 is 2.55. The van der Waals surface area contributed by atoms with E-state index in [2.05, 4.69) is 46.4 Å². The molecule has 0 fully saturated rings. The monoisotopic (exact) mass is 226 g/mol. The summed E-state index contributed by atoms with van der Waals surface area (Å²) in [6.45, 7) is 2.14. The molecule has 0 bridgehead atoms. The van der Waals surface area contributed by atoms with Crippen molar-refractivity contribution >= 4 is 37.4 Å². The molecule has 2 rings (SSSR count). The number of aryl methyl sites for hydroxylation is 1. The average Bonchev–Trinajstić information content (AvgIpc) is 2.45. The Bertz CT molecular complexity index is 353. The lowest BCUT2D eigenvalue weighted by Crippen LogP contribution is -1.72. The average molecular weight is 227 g/mol. The van der Waals surface area contributed by atoms with Crippen molar-refractivity contribution in [2.24, 2.45) is 0 Å². The van der Waals surface area contributed by atoms with Crippen molar-refractivity contribution in [1.29, 1.82) is 0 Å². The molecule has 2 heteroatoms. The van der Waals surface area contributed by atoms with Gasteiger partial charge in [-0.25, -0.2) is 0 Å². The molecule has 1 heterocycles. The second-order valence-corrected chi connectivity index (χ2v) is 4.30. The van der Waals surface area contributed by atoms with E-state index in [-0.39, 0.29) is 0 Å². The highest BCUT2D eigenvalue weighted by molar-refractivity contribution is 9.10. The van der Waals surface area contributed by atoms with E-state index in [4.69, 9.17) is 0 Å². The highest BCUT2D eigenvalue weighted by atomic mass is 79.9. The third-order valence-corrected chi connectivity index (χ3v) is 3.66. The quantitative estimate of drug-likeness (QED) is 0.638. The van der Waals surface area contributed by atoms with Crippen LogP contribution >= 0.6 is 27.3 Å². The van der Waals surface area contributed by atoms with Gasteiger partial charge in [0.2, 0.25) is 0 Å². The Labute approximate surface area is 78.0 Å². The molecule has 0 N–H and O–H groups in total. The lowest BCUT2D eigenvalue weighted by molar-refractivity contribution is 1.54. The Hall–Kier alpha value is -0.340. The van der Waals surface area contributed by atoms with Crippen molar-refractivity contribution in [2.45, 2.75) is 6.92 Å². The van der Waals surface area contributed by atoms with E-state index in [1.54, 1.807) is 11.3 Å². The number of thiophene rings is 1. The summed E-state index contributed by atoms with van der Waals surface area (Å²) in [5.74, 6) is 0. The van der Waals surface area contributed by atoms with Gasteiger partial charge in [0.05, 0.1) is 0 Å². The SMILES string of the molecule is Cc1ccc(Br)c2sccc12. The van der Waals surface area contributed by atoms with E-state index in [0.29, 0.717) is 0 Å². The third kappa shape index (κ3) is 1.10. The molecule has 0 spiro atoms. The van der Waals surface area contributed by atoms with Crippen LogP contribution in [0, 0.1) is 6.92 Å². The van der Waals surface area contributed by atoms with Crippen LogP contribution in [0.15, 0.2) is 28.1 Å². The van der Waals surface area contributed by atoms with Gasteiger partial charge in [-0.2, -0.15) is 0 Å². The van der Waals surface area contributed by atoms with Gasteiger partial charge in [0, 0.05) is 9.17 Å². The first kappa shape index (κ1) is 7.32. The zero-order valence-electron chi connectivity index (χ0n) is 6.10. The first-order valence-corrected chi connectivity index (χ1v) is 5.08. The number of benzene rings is 1. The van der Waals surface area contributed by atoms with Gasteiger partial charge in [-0.3, -0.25) is 0 Å². The number of fused-ring (bicyclic) bond motifs is 1. The molecule has 0 aliphatic rings. The predicted molar refractivity (Wildman–Crippen MR) is 54.3 cm³/mol. The second-order valence-electron chi connectivity index (χ2n) is 2.53. The van der Waals surface area contributed by atoms with Gasteiger partial charge >= 0.3 is 0 Å². The summed E-state index contributed by atoms with van der Waals surface area (Å²) in [5.41, 5.74) is 1.35. The van der Waals surface area contributed by atoms with Gasteiger partial charge in [-0.1, -0.05) is 6.07 Å². The highest BCUT2D eigenvalue weighted by Gasteiger charge is 2.00. The Morgan fingerprint density at radius 3 is 2.82 bits per heavy atom. The number of rotatable bonds is 0. The molecule has 0 aliphatic carbocycles. The fourth-order valence-electron chi connectivity index (χ4n) is 1.17. The van der Waals surface area contributed by atoms with Gasteiger partial charge in [0.15, 0.2) is 0 Å². The molecule has 1 aromatic carbocycles. The van der Waals surface area contributed by atoms with E-state index >= 15 is 0 Å². The smallest absolute Gasteiger partial charge is 0.0487 e. The third-order valence-electron chi connectivity index (χ3n) is 1.79. The van der Waals surface area contributed by atoms with Crippen molar-refractivity contribution in [3.63, 3.8) is 0 Å². The molecule has 0 nitrogen and oxygen atoms in total. The van der Waals surface area contributed by atoms with Gasteiger partial charge in [0.1, 0.15) is 0 Å². The minimum atomic E-state index is 1.20. The van der Waals surface area contributed by atoms with E-state index in [1.807, 2.05) is 0 Å². The Morgan fingerprint density at radius 2 is 2.09 bits per heavy atom. The molecule has 2 aromatic rings. The summed E-state index contributed by atoms with van der Waals surface area (Å²) in [4.78, 5) is 0. The lowest BCUT2D eigenvalue weighted by atomic mass is 10.2. The molecule has 0 aliphatic heterocycles. The largest absolute Gasteiger partial charge is 0.143 e. The normalized spacial score (nSPS) is 10.7. The highest BCUT2D eigenvalue weighted by Crippen LogP contribution is 2.30. The van der Waals surface area contributed by atoms with Crippen molar-refractivity contribution in [3.05, 3.63) is 33.6 Å². The zero-order valence-corrected chi connectivity index (χ0v) is 8.50. The second kappa shape index (κ2) is 2.61. The van der Waals surface area contributed by atoms with Crippen LogP contribution in [-0.2, 0) is 0 Å². The number of hydrogen-bond acceptors (Lipinski definition) is 1. The zero-order chi connectivity index (χ0) is 7.84. The molecule has 0 saturated heterocycles. The Morgan fingerprint density at radius 1 is 1.27 bits per heavy atom. The maximum absolute atomic E-state index is 3.52. The molecule has 11 heavy (non-hydrogen) atoms.